The molecule has 194 valence electrons. The third kappa shape index (κ3) is 5.04. The van der Waals surface area contributed by atoms with Gasteiger partial charge in [-0.25, -0.2) is 9.98 Å². The maximum absolute atomic E-state index is 13.3. The number of anilines is 4. The quantitative estimate of drug-likeness (QED) is 0.369. The molecule has 0 spiro atoms. The third-order valence-corrected chi connectivity index (χ3v) is 6.37. The van der Waals surface area contributed by atoms with E-state index in [4.69, 9.17) is 4.99 Å². The van der Waals surface area contributed by atoms with Gasteiger partial charge in [-0.1, -0.05) is 38.1 Å². The Morgan fingerprint density at radius 2 is 1.74 bits per heavy atom. The van der Waals surface area contributed by atoms with Gasteiger partial charge in [-0.05, 0) is 54.4 Å². The number of benzene rings is 2. The first-order valence-electron chi connectivity index (χ1n) is 12.2. The first kappa shape index (κ1) is 25.3. The fraction of sp³-hybridized carbons (Fsp3) is 0.207. The van der Waals surface area contributed by atoms with Crippen LogP contribution < -0.4 is 15.5 Å². The molecular weight excluding hydrogens is 491 g/mol. The van der Waals surface area contributed by atoms with Crippen molar-refractivity contribution in [3.8, 4) is 0 Å². The number of hydrogen-bond acceptors (Lipinski definition) is 5. The summed E-state index contributed by atoms with van der Waals surface area (Å²) in [5.74, 6) is 0.535. The number of nitrogens with zero attached hydrogens (tertiary/aromatic N) is 3. The zero-order valence-corrected chi connectivity index (χ0v) is 21.0. The first-order valence-corrected chi connectivity index (χ1v) is 12.2. The minimum Gasteiger partial charge on any atom is -0.353 e. The summed E-state index contributed by atoms with van der Waals surface area (Å²) in [6, 6.07) is 16.3. The van der Waals surface area contributed by atoms with E-state index < -0.39 is 11.7 Å². The van der Waals surface area contributed by atoms with Gasteiger partial charge in [0.2, 0.25) is 5.91 Å². The molecule has 1 aromatic heterocycles. The van der Waals surface area contributed by atoms with Crippen molar-refractivity contribution in [2.24, 2.45) is 16.8 Å². The molecule has 2 N–H and O–H groups in total. The fourth-order valence-corrected chi connectivity index (χ4v) is 4.46. The predicted molar refractivity (Wildman–Crippen MR) is 144 cm³/mol. The van der Waals surface area contributed by atoms with Gasteiger partial charge in [-0.2, -0.15) is 13.2 Å². The minimum absolute atomic E-state index is 0.0419. The van der Waals surface area contributed by atoms with E-state index in [0.717, 1.165) is 29.2 Å². The number of allylic oxidation sites excluding steroid dienone is 2. The van der Waals surface area contributed by atoms with E-state index >= 15 is 0 Å². The van der Waals surface area contributed by atoms with E-state index in [2.05, 4.69) is 41.6 Å². The number of aromatic nitrogens is 1. The van der Waals surface area contributed by atoms with Crippen molar-refractivity contribution < 1.29 is 18.0 Å². The molecule has 0 radical (unpaired) electrons. The summed E-state index contributed by atoms with van der Waals surface area (Å²) < 4.78 is 39.8. The summed E-state index contributed by atoms with van der Waals surface area (Å²) in [5, 5.41) is 6.06. The Morgan fingerprint density at radius 1 is 1.00 bits per heavy atom. The number of carbonyl (C=O) groups excluding carboxylic acids is 1. The summed E-state index contributed by atoms with van der Waals surface area (Å²) in [6.45, 7) is 5.64. The van der Waals surface area contributed by atoms with Crippen LogP contribution in [0.4, 0.5) is 41.7 Å². The molecule has 6 nitrogen and oxygen atoms in total. The number of rotatable bonds is 5. The Bertz CT molecular complexity index is 1450. The topological polar surface area (TPSA) is 69.6 Å². The van der Waals surface area contributed by atoms with Crippen LogP contribution in [0.1, 0.15) is 26.3 Å². The van der Waals surface area contributed by atoms with Crippen molar-refractivity contribution in [2.75, 3.05) is 15.5 Å². The Labute approximate surface area is 218 Å². The highest BCUT2D eigenvalue weighted by atomic mass is 19.4. The van der Waals surface area contributed by atoms with E-state index in [1.807, 2.05) is 35.2 Å². The minimum atomic E-state index is -4.42. The molecule has 1 unspecified atom stereocenters. The fourth-order valence-electron chi connectivity index (χ4n) is 4.46. The Kier molecular flexibility index (Phi) is 6.52. The van der Waals surface area contributed by atoms with Crippen LogP contribution in [0.2, 0.25) is 0 Å². The molecule has 5 rings (SSSR count). The normalized spacial score (nSPS) is 16.7. The molecule has 0 bridgehead atoms. The number of halogens is 3. The summed E-state index contributed by atoms with van der Waals surface area (Å²) in [7, 11) is 0. The Balaban J connectivity index is 1.57. The molecule has 3 aromatic rings. The smallest absolute Gasteiger partial charge is 0.353 e. The van der Waals surface area contributed by atoms with Gasteiger partial charge in [0.05, 0.1) is 40.2 Å². The maximum atomic E-state index is 13.3. The second-order valence-electron chi connectivity index (χ2n) is 9.52. The van der Waals surface area contributed by atoms with Gasteiger partial charge >= 0.3 is 6.18 Å². The number of carbonyl (C=O) groups is 1. The van der Waals surface area contributed by atoms with Crippen molar-refractivity contribution in [1.29, 1.82) is 0 Å². The van der Waals surface area contributed by atoms with E-state index in [1.54, 1.807) is 12.3 Å². The average Bonchev–Trinajstić information content (AvgIpc) is 2.87. The zero-order valence-electron chi connectivity index (χ0n) is 21.0. The van der Waals surface area contributed by atoms with E-state index in [-0.39, 0.29) is 17.7 Å². The molecule has 9 heteroatoms. The second kappa shape index (κ2) is 9.81. The molecule has 38 heavy (non-hydrogen) atoms. The van der Waals surface area contributed by atoms with Crippen molar-refractivity contribution in [3.63, 3.8) is 0 Å². The van der Waals surface area contributed by atoms with Crippen LogP contribution >= 0.6 is 0 Å². The van der Waals surface area contributed by atoms with E-state index in [1.165, 1.54) is 19.1 Å². The maximum Gasteiger partial charge on any atom is 0.416 e. The highest BCUT2D eigenvalue weighted by molar-refractivity contribution is 6.21. The molecule has 0 saturated carbocycles. The first-order chi connectivity index (χ1) is 18.1. The van der Waals surface area contributed by atoms with Crippen LogP contribution in [0.5, 0.6) is 0 Å². The average molecular weight is 518 g/mol. The summed E-state index contributed by atoms with van der Waals surface area (Å²) in [5.41, 5.74) is 4.33. The molecule has 1 atom stereocenters. The highest BCUT2D eigenvalue weighted by Crippen LogP contribution is 2.45. The number of nitrogens with one attached hydrogen (secondary N) is 2. The molecule has 0 fully saturated rings. The van der Waals surface area contributed by atoms with Crippen LogP contribution in [-0.4, -0.2) is 16.6 Å². The van der Waals surface area contributed by atoms with Gasteiger partial charge < -0.3 is 15.5 Å². The second-order valence-corrected chi connectivity index (χ2v) is 9.52. The number of aliphatic imine (C=N–C) groups is 1. The lowest BCUT2D eigenvalue weighted by atomic mass is 9.86. The monoisotopic (exact) mass is 517 g/mol. The molecule has 2 aromatic carbocycles. The standard InChI is InChI=1S/C29H26F3N5O/c1-17(2)19-14-24(35-21-10-13-27(33-16-21)34-18(3)38)28-26(15-19)37(25-7-5-4-6-23(25)36-28)22-11-8-20(9-12-22)29(30,31)32/h4-17,19,35H,1-3H3,(H,33,34,38). The third-order valence-electron chi connectivity index (χ3n) is 6.37. The van der Waals surface area contributed by atoms with Crippen LogP contribution in [0.25, 0.3) is 0 Å². The Morgan fingerprint density at radius 3 is 2.37 bits per heavy atom. The van der Waals surface area contributed by atoms with Crippen molar-refractivity contribution in [2.45, 2.75) is 26.9 Å². The Hall–Kier alpha value is -4.40. The van der Waals surface area contributed by atoms with Crippen LogP contribution in [0, 0.1) is 11.8 Å². The van der Waals surface area contributed by atoms with Crippen molar-refractivity contribution >= 4 is 40.2 Å². The predicted octanol–water partition coefficient (Wildman–Crippen LogP) is 7.45. The molecule has 1 aliphatic carbocycles. The van der Waals surface area contributed by atoms with Gasteiger partial charge in [-0.3, -0.25) is 4.79 Å². The lowest BCUT2D eigenvalue weighted by Gasteiger charge is -2.37. The number of pyridine rings is 1. The van der Waals surface area contributed by atoms with Crippen LogP contribution in [-0.2, 0) is 11.0 Å². The largest absolute Gasteiger partial charge is 0.416 e. The van der Waals surface area contributed by atoms with Gasteiger partial charge in [0.15, 0.2) is 0 Å². The van der Waals surface area contributed by atoms with Gasteiger partial charge in [-0.15, -0.1) is 0 Å². The van der Waals surface area contributed by atoms with Crippen LogP contribution in [0.3, 0.4) is 0 Å². The molecule has 1 aliphatic heterocycles. The number of amides is 1. The van der Waals surface area contributed by atoms with Crippen LogP contribution in [0.15, 0.2) is 95.4 Å². The number of hydrogen-bond donors (Lipinski definition) is 2. The summed E-state index contributed by atoms with van der Waals surface area (Å²) >= 11 is 0. The van der Waals surface area contributed by atoms with Gasteiger partial charge in [0, 0.05) is 18.5 Å². The molecule has 2 heterocycles. The number of alkyl halides is 3. The molecule has 0 saturated heterocycles. The SMILES string of the molecule is CC(=O)Nc1ccc(NC2=CC(C(C)C)C=C3C2=Nc2ccccc2N3c2ccc(C(F)(F)F)cc2)cn1. The summed E-state index contributed by atoms with van der Waals surface area (Å²) in [4.78, 5) is 22.5. The number of para-hydroxylation sites is 2. The lowest BCUT2D eigenvalue weighted by Crippen LogP contribution is -2.33. The summed E-state index contributed by atoms with van der Waals surface area (Å²) in [6.07, 6.45) is 1.43. The van der Waals surface area contributed by atoms with Gasteiger partial charge in [0.1, 0.15) is 11.5 Å². The molecular formula is C29H26F3N5O. The number of fused-ring (bicyclic) bond motifs is 2. The zero-order chi connectivity index (χ0) is 27.0. The molecule has 2 aliphatic rings. The van der Waals surface area contributed by atoms with Gasteiger partial charge in [0.25, 0.3) is 0 Å². The van der Waals surface area contributed by atoms with E-state index in [9.17, 15) is 18.0 Å². The van der Waals surface area contributed by atoms with E-state index in [0.29, 0.717) is 28.6 Å². The highest BCUT2D eigenvalue weighted by Gasteiger charge is 2.34. The molecule has 1 amide bonds. The van der Waals surface area contributed by atoms with Crippen molar-refractivity contribution in [3.05, 3.63) is 96.0 Å². The lowest BCUT2D eigenvalue weighted by molar-refractivity contribution is -0.137. The van der Waals surface area contributed by atoms with Crippen molar-refractivity contribution in [1.82, 2.24) is 4.98 Å².